The zero-order valence-electron chi connectivity index (χ0n) is 34.5. The van der Waals surface area contributed by atoms with Gasteiger partial charge in [0.15, 0.2) is 34.9 Å². The fourth-order valence-corrected chi connectivity index (χ4v) is 8.12. The maximum Gasteiger partial charge on any atom is 0.164 e. The highest BCUT2D eigenvalue weighted by Crippen LogP contribution is 2.43. The van der Waals surface area contributed by atoms with Crippen LogP contribution in [0.4, 0.5) is 0 Å². The first-order chi connectivity index (χ1) is 31.7. The summed E-state index contributed by atoms with van der Waals surface area (Å²) >= 11 is 0. The summed E-state index contributed by atoms with van der Waals surface area (Å²) in [6.07, 6.45) is 1.84. The Kier molecular flexibility index (Phi) is 10.1. The number of hydrogen-bond acceptors (Lipinski definition) is 7. The van der Waals surface area contributed by atoms with Gasteiger partial charge in [0.1, 0.15) is 0 Å². The molecule has 0 atom stereocenters. The van der Waals surface area contributed by atoms with Gasteiger partial charge >= 0.3 is 0 Å². The molecule has 11 rings (SSSR count). The molecule has 0 bridgehead atoms. The van der Waals surface area contributed by atoms with Gasteiger partial charge in [-0.1, -0.05) is 200 Å². The fraction of sp³-hybridized carbons (Fsp3) is 0. The number of hydrogen-bond donors (Lipinski definition) is 0. The van der Waals surface area contributed by atoms with Crippen molar-refractivity contribution in [3.8, 4) is 102 Å². The lowest BCUT2D eigenvalue weighted by atomic mass is 9.87. The van der Waals surface area contributed by atoms with Crippen molar-refractivity contribution >= 4 is 10.8 Å². The second kappa shape index (κ2) is 16.9. The Morgan fingerprint density at radius 1 is 0.234 bits per heavy atom. The maximum atomic E-state index is 5.21. The van der Waals surface area contributed by atoms with Gasteiger partial charge in [-0.25, -0.2) is 29.9 Å². The van der Waals surface area contributed by atoms with Gasteiger partial charge in [-0.3, -0.25) is 4.98 Å². The molecule has 0 aliphatic rings. The molecule has 0 saturated carbocycles. The van der Waals surface area contributed by atoms with E-state index in [0.29, 0.717) is 34.9 Å². The SMILES string of the molecule is c1ccc(-c2nc(-c3ccccc3)nc(-c3ccc(-c4cccc(-c5ccccc5-c5nc(-c6ccccc6)nc(-c6ccc7ccccc7c6)n5)c4-c4ccccn4)cc3)n2)cc1. The average molecular weight is 820 g/mol. The van der Waals surface area contributed by atoms with Crippen LogP contribution in [0.2, 0.25) is 0 Å². The molecule has 7 nitrogen and oxygen atoms in total. The van der Waals surface area contributed by atoms with Crippen LogP contribution < -0.4 is 0 Å². The number of aromatic nitrogens is 7. The predicted molar refractivity (Wildman–Crippen MR) is 257 cm³/mol. The van der Waals surface area contributed by atoms with E-state index in [1.165, 1.54) is 0 Å². The summed E-state index contributed by atoms with van der Waals surface area (Å²) in [5.41, 5.74) is 11.3. The second-order valence-corrected chi connectivity index (χ2v) is 15.3. The molecule has 0 N–H and O–H groups in total. The van der Waals surface area contributed by atoms with E-state index >= 15 is 0 Å². The summed E-state index contributed by atoms with van der Waals surface area (Å²) in [7, 11) is 0. The molecule has 300 valence electrons. The Balaban J connectivity index is 1.04. The van der Waals surface area contributed by atoms with Crippen molar-refractivity contribution in [2.45, 2.75) is 0 Å². The van der Waals surface area contributed by atoms with Gasteiger partial charge in [0.25, 0.3) is 0 Å². The number of benzene rings is 8. The molecule has 3 aromatic heterocycles. The molecule has 3 heterocycles. The van der Waals surface area contributed by atoms with E-state index < -0.39 is 0 Å². The van der Waals surface area contributed by atoms with Gasteiger partial charge < -0.3 is 0 Å². The van der Waals surface area contributed by atoms with E-state index in [1.807, 2.05) is 115 Å². The van der Waals surface area contributed by atoms with Crippen LogP contribution in [0, 0.1) is 0 Å². The van der Waals surface area contributed by atoms with Crippen molar-refractivity contribution in [2.75, 3.05) is 0 Å². The molecule has 0 radical (unpaired) electrons. The molecule has 0 fully saturated rings. The molecule has 0 saturated heterocycles. The number of pyridine rings is 1. The third-order valence-corrected chi connectivity index (χ3v) is 11.3. The average Bonchev–Trinajstić information content (AvgIpc) is 3.39. The van der Waals surface area contributed by atoms with Crippen molar-refractivity contribution in [3.05, 3.63) is 225 Å². The monoisotopic (exact) mass is 819 g/mol. The quantitative estimate of drug-likeness (QED) is 0.143. The summed E-state index contributed by atoms with van der Waals surface area (Å²) in [4.78, 5) is 35.2. The van der Waals surface area contributed by atoms with E-state index in [-0.39, 0.29) is 0 Å². The Bertz CT molecular complexity index is 3360. The fourth-order valence-electron chi connectivity index (χ4n) is 8.12. The highest BCUT2D eigenvalue weighted by Gasteiger charge is 2.21. The van der Waals surface area contributed by atoms with E-state index in [0.717, 1.165) is 77.7 Å². The van der Waals surface area contributed by atoms with Crippen molar-refractivity contribution in [2.24, 2.45) is 0 Å². The van der Waals surface area contributed by atoms with Crippen LogP contribution in [0.3, 0.4) is 0 Å². The van der Waals surface area contributed by atoms with E-state index in [4.69, 9.17) is 34.9 Å². The van der Waals surface area contributed by atoms with Crippen LogP contribution in [0.15, 0.2) is 225 Å². The van der Waals surface area contributed by atoms with E-state index in [2.05, 4.69) is 109 Å². The lowest BCUT2D eigenvalue weighted by molar-refractivity contribution is 1.07. The lowest BCUT2D eigenvalue weighted by Crippen LogP contribution is -2.01. The van der Waals surface area contributed by atoms with Crippen LogP contribution in [0.5, 0.6) is 0 Å². The first-order valence-corrected chi connectivity index (χ1v) is 21.1. The minimum atomic E-state index is 0.580. The zero-order chi connectivity index (χ0) is 42.7. The minimum absolute atomic E-state index is 0.580. The molecule has 11 aromatic rings. The molecule has 7 heteroatoms. The normalized spacial score (nSPS) is 11.1. The maximum absolute atomic E-state index is 5.21. The molecule has 0 spiro atoms. The summed E-state index contributed by atoms with van der Waals surface area (Å²) in [6, 6.07) is 74.1. The molecule has 0 aliphatic carbocycles. The second-order valence-electron chi connectivity index (χ2n) is 15.3. The van der Waals surface area contributed by atoms with Crippen LogP contribution in [-0.2, 0) is 0 Å². The Labute approximate surface area is 370 Å². The third kappa shape index (κ3) is 7.59. The Hall–Kier alpha value is -8.81. The zero-order valence-corrected chi connectivity index (χ0v) is 34.5. The number of rotatable bonds is 9. The summed E-state index contributed by atoms with van der Waals surface area (Å²) in [6.45, 7) is 0. The largest absolute Gasteiger partial charge is 0.256 e. The summed E-state index contributed by atoms with van der Waals surface area (Å²) < 4.78 is 0. The lowest BCUT2D eigenvalue weighted by Gasteiger charge is -2.18. The highest BCUT2D eigenvalue weighted by atomic mass is 15.0. The smallest absolute Gasteiger partial charge is 0.164 e. The van der Waals surface area contributed by atoms with Gasteiger partial charge in [-0.15, -0.1) is 0 Å². The summed E-state index contributed by atoms with van der Waals surface area (Å²) in [5, 5.41) is 2.28. The first-order valence-electron chi connectivity index (χ1n) is 21.1. The minimum Gasteiger partial charge on any atom is -0.256 e. The van der Waals surface area contributed by atoms with Crippen molar-refractivity contribution in [1.29, 1.82) is 0 Å². The van der Waals surface area contributed by atoms with Crippen LogP contribution in [0.25, 0.3) is 113 Å². The van der Waals surface area contributed by atoms with E-state index in [9.17, 15) is 0 Å². The number of fused-ring (bicyclic) bond motifs is 1. The van der Waals surface area contributed by atoms with Crippen molar-refractivity contribution in [3.63, 3.8) is 0 Å². The molecule has 0 aliphatic heterocycles. The van der Waals surface area contributed by atoms with Gasteiger partial charge in [-0.2, -0.15) is 0 Å². The van der Waals surface area contributed by atoms with Crippen molar-refractivity contribution < 1.29 is 0 Å². The topological polar surface area (TPSA) is 90.2 Å². The highest BCUT2D eigenvalue weighted by molar-refractivity contribution is 5.97. The third-order valence-electron chi connectivity index (χ3n) is 11.3. The summed E-state index contributed by atoms with van der Waals surface area (Å²) in [5.74, 6) is 3.63. The van der Waals surface area contributed by atoms with Gasteiger partial charge in [0, 0.05) is 45.1 Å². The first kappa shape index (κ1) is 38.1. The van der Waals surface area contributed by atoms with Crippen molar-refractivity contribution in [1.82, 2.24) is 34.9 Å². The van der Waals surface area contributed by atoms with Crippen LogP contribution >= 0.6 is 0 Å². The molecular formula is C57H37N7. The Morgan fingerprint density at radius 3 is 1.23 bits per heavy atom. The Morgan fingerprint density at radius 2 is 0.656 bits per heavy atom. The molecule has 64 heavy (non-hydrogen) atoms. The molecule has 0 amide bonds. The number of nitrogens with zero attached hydrogens (tertiary/aromatic N) is 7. The van der Waals surface area contributed by atoms with Gasteiger partial charge in [0.05, 0.1) is 5.69 Å². The molecular weight excluding hydrogens is 783 g/mol. The molecule has 0 unspecified atom stereocenters. The van der Waals surface area contributed by atoms with E-state index in [1.54, 1.807) is 0 Å². The van der Waals surface area contributed by atoms with Gasteiger partial charge in [0.2, 0.25) is 0 Å². The predicted octanol–water partition coefficient (Wildman–Crippen LogP) is 13.6. The molecule has 8 aromatic carbocycles. The standard InChI is InChI=1S/C57H37N7/c1-4-18-40(19-5-1)52-59-53(41-20-6-2-7-21-41)61-55(60-52)43-33-31-39(32-34-43)46-27-16-28-48(51(46)50-29-14-15-36-58-50)47-25-12-13-26-49(47)57-63-54(42-22-8-3-9-23-42)62-56(64-57)45-35-30-38-17-10-11-24-44(38)37-45/h1-37H. The van der Waals surface area contributed by atoms with Gasteiger partial charge in [-0.05, 0) is 51.2 Å². The van der Waals surface area contributed by atoms with Crippen LogP contribution in [0.1, 0.15) is 0 Å². The van der Waals surface area contributed by atoms with Crippen LogP contribution in [-0.4, -0.2) is 34.9 Å².